The van der Waals surface area contributed by atoms with Gasteiger partial charge in [0.1, 0.15) is 11.6 Å². The molecule has 1 fully saturated rings. The highest BCUT2D eigenvalue weighted by atomic mass is 19.1. The number of anilines is 1. The number of hydrogen-bond acceptors (Lipinski definition) is 2. The van der Waals surface area contributed by atoms with Gasteiger partial charge in [0.2, 0.25) is 5.91 Å². The monoisotopic (exact) mass is 240 g/mol. The van der Waals surface area contributed by atoms with Gasteiger partial charge in [0, 0.05) is 13.1 Å². The largest absolute Gasteiger partial charge is 0.374 e. The van der Waals surface area contributed by atoms with E-state index in [-0.39, 0.29) is 18.1 Å². The summed E-state index contributed by atoms with van der Waals surface area (Å²) in [6, 6.07) is 3.13. The van der Waals surface area contributed by atoms with Gasteiger partial charge in [-0.3, -0.25) is 4.79 Å². The van der Waals surface area contributed by atoms with Gasteiger partial charge in [0.25, 0.3) is 0 Å². The van der Waals surface area contributed by atoms with E-state index in [0.29, 0.717) is 0 Å². The smallest absolute Gasteiger partial charge is 0.241 e. The Balaban J connectivity index is 1.92. The van der Waals surface area contributed by atoms with E-state index >= 15 is 0 Å². The second-order valence-corrected chi connectivity index (χ2v) is 4.07. The van der Waals surface area contributed by atoms with Gasteiger partial charge < -0.3 is 10.2 Å². The van der Waals surface area contributed by atoms with E-state index in [9.17, 15) is 13.6 Å². The molecule has 0 aromatic heterocycles. The number of amides is 1. The maximum absolute atomic E-state index is 13.2. The lowest BCUT2D eigenvalue weighted by molar-refractivity contribution is -0.128. The molecule has 1 aromatic carbocycles. The summed E-state index contributed by atoms with van der Waals surface area (Å²) in [6.45, 7) is 1.51. The Labute approximate surface area is 98.4 Å². The third kappa shape index (κ3) is 2.93. The third-order valence-corrected chi connectivity index (χ3v) is 2.82. The number of hydrogen-bond donors (Lipinski definition) is 1. The molecule has 17 heavy (non-hydrogen) atoms. The number of nitrogens with one attached hydrogen (secondary N) is 1. The van der Waals surface area contributed by atoms with Gasteiger partial charge in [-0.1, -0.05) is 0 Å². The molecule has 0 radical (unpaired) electrons. The lowest BCUT2D eigenvalue weighted by atomic mass is 10.3. The van der Waals surface area contributed by atoms with Crippen LogP contribution < -0.4 is 5.32 Å². The molecule has 1 aromatic rings. The fraction of sp³-hybridized carbons (Fsp3) is 0.417. The lowest BCUT2D eigenvalue weighted by Crippen LogP contribution is -2.33. The van der Waals surface area contributed by atoms with Crippen molar-refractivity contribution in [1.82, 2.24) is 4.90 Å². The van der Waals surface area contributed by atoms with Crippen molar-refractivity contribution in [1.29, 1.82) is 0 Å². The zero-order valence-corrected chi connectivity index (χ0v) is 9.38. The molecule has 92 valence electrons. The minimum absolute atomic E-state index is 0.000370. The Bertz CT molecular complexity index is 417. The fourth-order valence-electron chi connectivity index (χ4n) is 1.88. The number of carbonyl (C=O) groups excluding carboxylic acids is 1. The maximum Gasteiger partial charge on any atom is 0.241 e. The highest BCUT2D eigenvalue weighted by molar-refractivity contribution is 5.81. The molecule has 0 spiro atoms. The van der Waals surface area contributed by atoms with Crippen LogP contribution >= 0.6 is 0 Å². The van der Waals surface area contributed by atoms with E-state index < -0.39 is 11.6 Å². The summed E-state index contributed by atoms with van der Waals surface area (Å²) in [4.78, 5) is 13.4. The van der Waals surface area contributed by atoms with E-state index in [1.807, 2.05) is 0 Å². The quantitative estimate of drug-likeness (QED) is 0.876. The summed E-state index contributed by atoms with van der Waals surface area (Å²) < 4.78 is 26.1. The minimum atomic E-state index is -0.555. The molecule has 1 aliphatic rings. The van der Waals surface area contributed by atoms with Crippen LogP contribution in [0.15, 0.2) is 18.2 Å². The molecule has 0 aliphatic carbocycles. The molecule has 3 nitrogen and oxygen atoms in total. The van der Waals surface area contributed by atoms with Crippen LogP contribution in [0.4, 0.5) is 14.5 Å². The first kappa shape index (κ1) is 11.8. The zero-order valence-electron chi connectivity index (χ0n) is 9.38. The van der Waals surface area contributed by atoms with Gasteiger partial charge in [0.15, 0.2) is 0 Å². The zero-order chi connectivity index (χ0) is 12.3. The molecule has 1 heterocycles. The predicted octanol–water partition coefficient (Wildman–Crippen LogP) is 2.00. The molecular weight excluding hydrogens is 226 g/mol. The second-order valence-electron chi connectivity index (χ2n) is 4.07. The molecule has 1 saturated heterocycles. The fourth-order valence-corrected chi connectivity index (χ4v) is 1.88. The predicted molar refractivity (Wildman–Crippen MR) is 60.7 cm³/mol. The van der Waals surface area contributed by atoms with Gasteiger partial charge in [-0.15, -0.1) is 0 Å². The van der Waals surface area contributed by atoms with E-state index in [1.165, 1.54) is 0 Å². The van der Waals surface area contributed by atoms with Crippen molar-refractivity contribution < 1.29 is 13.6 Å². The van der Waals surface area contributed by atoms with Crippen LogP contribution in [0.3, 0.4) is 0 Å². The van der Waals surface area contributed by atoms with Crippen LogP contribution in [0.5, 0.6) is 0 Å². The molecule has 0 atom stereocenters. The molecular formula is C12H14F2N2O. The van der Waals surface area contributed by atoms with Crippen LogP contribution in [0.1, 0.15) is 12.8 Å². The van der Waals surface area contributed by atoms with E-state index in [0.717, 1.165) is 44.1 Å². The van der Waals surface area contributed by atoms with Crippen molar-refractivity contribution in [3.8, 4) is 0 Å². The minimum Gasteiger partial charge on any atom is -0.374 e. The van der Waals surface area contributed by atoms with Crippen molar-refractivity contribution in [3.63, 3.8) is 0 Å². The van der Waals surface area contributed by atoms with Crippen LogP contribution in [-0.2, 0) is 4.79 Å². The number of rotatable bonds is 3. The Hall–Kier alpha value is -1.65. The summed E-state index contributed by atoms with van der Waals surface area (Å²) in [6.07, 6.45) is 2.03. The van der Waals surface area contributed by atoms with Crippen molar-refractivity contribution in [2.75, 3.05) is 25.0 Å². The van der Waals surface area contributed by atoms with E-state index in [1.54, 1.807) is 4.90 Å². The first-order valence-electron chi connectivity index (χ1n) is 5.63. The standard InChI is InChI=1S/C12H14F2N2O/c13-9-3-4-10(14)11(7-9)15-8-12(17)16-5-1-2-6-16/h3-4,7,15H,1-2,5-6,8H2. The second kappa shape index (κ2) is 5.12. The normalized spacial score (nSPS) is 15.1. The number of halogens is 2. The number of nitrogens with zero attached hydrogens (tertiary/aromatic N) is 1. The Morgan fingerprint density at radius 1 is 1.29 bits per heavy atom. The highest BCUT2D eigenvalue weighted by Gasteiger charge is 2.17. The third-order valence-electron chi connectivity index (χ3n) is 2.82. The van der Waals surface area contributed by atoms with Crippen molar-refractivity contribution in [2.45, 2.75) is 12.8 Å². The summed E-state index contributed by atoms with van der Waals surface area (Å²) in [5.41, 5.74) is 0.0255. The molecule has 1 aliphatic heterocycles. The Morgan fingerprint density at radius 2 is 2.00 bits per heavy atom. The van der Waals surface area contributed by atoms with Gasteiger partial charge in [-0.2, -0.15) is 0 Å². The first-order chi connectivity index (χ1) is 8.16. The van der Waals surface area contributed by atoms with E-state index in [2.05, 4.69) is 5.32 Å². The van der Waals surface area contributed by atoms with Crippen LogP contribution in [0, 0.1) is 11.6 Å². The molecule has 0 unspecified atom stereocenters. The van der Waals surface area contributed by atoms with Gasteiger partial charge in [0.05, 0.1) is 12.2 Å². The van der Waals surface area contributed by atoms with Crippen LogP contribution in [0.25, 0.3) is 0 Å². The summed E-state index contributed by atoms with van der Waals surface area (Å²) in [5, 5.41) is 2.62. The van der Waals surface area contributed by atoms with E-state index in [4.69, 9.17) is 0 Å². The molecule has 1 N–H and O–H groups in total. The van der Waals surface area contributed by atoms with Gasteiger partial charge in [-0.05, 0) is 31.0 Å². The average Bonchev–Trinajstić information content (AvgIpc) is 2.83. The van der Waals surface area contributed by atoms with Crippen LogP contribution in [-0.4, -0.2) is 30.4 Å². The lowest BCUT2D eigenvalue weighted by Gasteiger charge is -2.16. The molecule has 0 saturated carbocycles. The average molecular weight is 240 g/mol. The van der Waals surface area contributed by atoms with Crippen molar-refractivity contribution >= 4 is 11.6 Å². The Kier molecular flexibility index (Phi) is 3.56. The van der Waals surface area contributed by atoms with Gasteiger partial charge in [-0.25, -0.2) is 8.78 Å². The summed E-state index contributed by atoms with van der Waals surface area (Å²) in [7, 11) is 0. The molecule has 0 bridgehead atoms. The maximum atomic E-state index is 13.2. The first-order valence-corrected chi connectivity index (χ1v) is 5.63. The summed E-state index contributed by atoms with van der Waals surface area (Å²) >= 11 is 0. The van der Waals surface area contributed by atoms with Crippen LogP contribution in [0.2, 0.25) is 0 Å². The highest BCUT2D eigenvalue weighted by Crippen LogP contribution is 2.15. The Morgan fingerprint density at radius 3 is 2.71 bits per heavy atom. The number of likely N-dealkylation sites (tertiary alicyclic amines) is 1. The summed E-state index contributed by atoms with van der Waals surface area (Å²) in [5.74, 6) is -1.16. The molecule has 5 heteroatoms. The molecule has 2 rings (SSSR count). The van der Waals surface area contributed by atoms with Gasteiger partial charge >= 0.3 is 0 Å². The number of carbonyl (C=O) groups is 1. The number of benzene rings is 1. The SMILES string of the molecule is O=C(CNc1cc(F)ccc1F)N1CCCC1. The topological polar surface area (TPSA) is 32.3 Å². The van der Waals surface area contributed by atoms with Crippen molar-refractivity contribution in [2.24, 2.45) is 0 Å². The molecule has 1 amide bonds. The van der Waals surface area contributed by atoms with Crippen molar-refractivity contribution in [3.05, 3.63) is 29.8 Å².